The Kier molecular flexibility index (Phi) is 6.86. The van der Waals surface area contributed by atoms with Crippen molar-refractivity contribution in [1.82, 2.24) is 19.6 Å². The maximum absolute atomic E-state index is 12.7. The number of amides is 1. The lowest BCUT2D eigenvalue weighted by Crippen LogP contribution is -2.45. The summed E-state index contributed by atoms with van der Waals surface area (Å²) < 4.78 is 23.4. The number of pyridine rings is 2. The molecule has 166 valence electrons. The fourth-order valence-corrected chi connectivity index (χ4v) is 4.97. The molecule has 2 aliphatic rings. The van der Waals surface area contributed by atoms with E-state index >= 15 is 0 Å². The molecule has 2 aromatic rings. The summed E-state index contributed by atoms with van der Waals surface area (Å²) in [5.74, 6) is 0.762. The van der Waals surface area contributed by atoms with Crippen LogP contribution >= 0.6 is 11.6 Å². The first-order chi connectivity index (χ1) is 14.9. The van der Waals surface area contributed by atoms with Crippen LogP contribution in [0.4, 0.5) is 5.82 Å². The zero-order valence-electron chi connectivity index (χ0n) is 17.3. The molecule has 2 aromatic heterocycles. The summed E-state index contributed by atoms with van der Waals surface area (Å²) in [4.78, 5) is 23.8. The van der Waals surface area contributed by atoms with Gasteiger partial charge >= 0.3 is 0 Å². The van der Waals surface area contributed by atoms with E-state index in [0.29, 0.717) is 37.6 Å². The Morgan fingerprint density at radius 3 is 2.71 bits per heavy atom. The van der Waals surface area contributed by atoms with Crippen LogP contribution in [-0.4, -0.2) is 61.2 Å². The fraction of sp³-hybridized carbons (Fsp3) is 0.476. The summed E-state index contributed by atoms with van der Waals surface area (Å²) in [7, 11) is 0. The number of nitrogens with one attached hydrogen (secondary N) is 1. The molecule has 10 heteroatoms. The second kappa shape index (κ2) is 9.60. The molecule has 31 heavy (non-hydrogen) atoms. The zero-order valence-corrected chi connectivity index (χ0v) is 18.9. The number of hydrogen-bond donors (Lipinski definition) is 1. The summed E-state index contributed by atoms with van der Waals surface area (Å²) in [6.45, 7) is 4.25. The lowest BCUT2D eigenvalue weighted by molar-refractivity contribution is -0.126. The zero-order chi connectivity index (χ0) is 22.0. The monoisotopic (exact) mass is 462 g/mol. The molecule has 8 nitrogen and oxygen atoms in total. The second-order valence-corrected chi connectivity index (χ2v) is 9.41. The molecular weight excluding hydrogens is 438 g/mol. The van der Waals surface area contributed by atoms with Gasteiger partial charge in [0.25, 0.3) is 0 Å². The molecule has 0 aromatic carbocycles. The maximum atomic E-state index is 12.7. The van der Waals surface area contributed by atoms with Crippen LogP contribution in [-0.2, 0) is 16.1 Å². The van der Waals surface area contributed by atoms with Gasteiger partial charge in [-0.2, -0.15) is 0 Å². The van der Waals surface area contributed by atoms with Crippen LogP contribution in [0, 0.1) is 12.8 Å². The van der Waals surface area contributed by atoms with E-state index in [1.165, 1.54) is 4.31 Å². The van der Waals surface area contributed by atoms with Crippen LogP contribution in [0.2, 0.25) is 5.02 Å². The van der Waals surface area contributed by atoms with Crippen molar-refractivity contribution in [2.45, 2.75) is 32.2 Å². The molecule has 4 rings (SSSR count). The van der Waals surface area contributed by atoms with Gasteiger partial charge in [0.1, 0.15) is 5.82 Å². The normalized spacial score (nSPS) is 21.3. The number of nitrogens with zero attached hydrogens (tertiary/aromatic N) is 4. The highest BCUT2D eigenvalue weighted by Gasteiger charge is 2.30. The SMILES string of the molecule is Cc1cccnc1-c1cc(N2CCC(C(=O)N[C@@H]3CCN(S(=O)[O-])C3)CC2)ncc1Cl. The Labute approximate surface area is 189 Å². The van der Waals surface area contributed by atoms with E-state index in [1.54, 1.807) is 12.4 Å². The van der Waals surface area contributed by atoms with Gasteiger partial charge in [-0.3, -0.25) is 14.0 Å². The summed E-state index contributed by atoms with van der Waals surface area (Å²) in [5, 5.41) is 3.58. The molecule has 0 radical (unpaired) electrons. The van der Waals surface area contributed by atoms with E-state index in [-0.39, 0.29) is 17.9 Å². The Balaban J connectivity index is 1.37. The molecule has 1 N–H and O–H groups in total. The summed E-state index contributed by atoms with van der Waals surface area (Å²) in [6.07, 6.45) is 5.51. The van der Waals surface area contributed by atoms with Crippen LogP contribution in [0.5, 0.6) is 0 Å². The molecule has 2 aliphatic heterocycles. The van der Waals surface area contributed by atoms with Crippen LogP contribution in [0.15, 0.2) is 30.6 Å². The van der Waals surface area contributed by atoms with Crippen LogP contribution in [0.25, 0.3) is 11.3 Å². The molecular formula is C21H25ClN5O3S-. The highest BCUT2D eigenvalue weighted by Crippen LogP contribution is 2.32. The van der Waals surface area contributed by atoms with Gasteiger partial charge in [0, 0.05) is 67.4 Å². The Bertz CT molecular complexity index is 983. The standard InChI is InChI=1S/C21H26ClN5O3S/c1-14-3-2-7-23-20(14)17-11-19(24-12-18(17)22)26-8-4-15(5-9-26)21(28)25-16-6-10-27(13-16)31(29)30/h2-3,7,11-12,15-16H,4-6,8-10,13H2,1H3,(H,25,28)(H,29,30)/p-1/t16-/m1/s1. The number of piperidine rings is 1. The highest BCUT2D eigenvalue weighted by atomic mass is 35.5. The van der Waals surface area contributed by atoms with Gasteiger partial charge in [-0.05, 0) is 43.9 Å². The number of carbonyl (C=O) groups excluding carboxylic acids is 1. The smallest absolute Gasteiger partial charge is 0.223 e. The van der Waals surface area contributed by atoms with Crippen LogP contribution < -0.4 is 10.2 Å². The molecule has 1 amide bonds. The molecule has 2 fully saturated rings. The molecule has 0 aliphatic carbocycles. The van der Waals surface area contributed by atoms with Gasteiger partial charge in [-0.1, -0.05) is 17.7 Å². The number of anilines is 1. The largest absolute Gasteiger partial charge is 0.760 e. The maximum Gasteiger partial charge on any atom is 0.223 e. The average molecular weight is 463 g/mol. The Morgan fingerprint density at radius 1 is 1.26 bits per heavy atom. The van der Waals surface area contributed by atoms with E-state index in [9.17, 15) is 13.6 Å². The first-order valence-electron chi connectivity index (χ1n) is 10.4. The molecule has 0 saturated carbocycles. The minimum absolute atomic E-state index is 0.0112. The molecule has 2 atom stereocenters. The lowest BCUT2D eigenvalue weighted by Gasteiger charge is -2.33. The van der Waals surface area contributed by atoms with Crippen molar-refractivity contribution in [3.05, 3.63) is 41.2 Å². The van der Waals surface area contributed by atoms with E-state index in [4.69, 9.17) is 11.6 Å². The third-order valence-corrected chi connectivity index (χ3v) is 7.06. The van der Waals surface area contributed by atoms with Gasteiger partial charge in [0.15, 0.2) is 0 Å². The van der Waals surface area contributed by atoms with Crippen molar-refractivity contribution < 1.29 is 13.6 Å². The summed E-state index contributed by atoms with van der Waals surface area (Å²) in [6, 6.07) is 5.76. The summed E-state index contributed by atoms with van der Waals surface area (Å²) in [5.41, 5.74) is 2.74. The van der Waals surface area contributed by atoms with Crippen molar-refractivity contribution in [3.8, 4) is 11.3 Å². The third-order valence-electron chi connectivity index (χ3n) is 6.00. The fourth-order valence-electron chi connectivity index (χ4n) is 4.22. The minimum atomic E-state index is -2.22. The third kappa shape index (κ3) is 5.06. The lowest BCUT2D eigenvalue weighted by atomic mass is 9.95. The first kappa shape index (κ1) is 22.1. The van der Waals surface area contributed by atoms with E-state index < -0.39 is 11.3 Å². The van der Waals surface area contributed by atoms with E-state index in [0.717, 1.165) is 35.5 Å². The molecule has 0 bridgehead atoms. The van der Waals surface area contributed by atoms with Crippen LogP contribution in [0.3, 0.4) is 0 Å². The van der Waals surface area contributed by atoms with E-state index in [1.807, 2.05) is 25.1 Å². The van der Waals surface area contributed by atoms with E-state index in [2.05, 4.69) is 20.2 Å². The van der Waals surface area contributed by atoms with Crippen molar-refractivity contribution in [3.63, 3.8) is 0 Å². The quantitative estimate of drug-likeness (QED) is 0.684. The molecule has 0 spiro atoms. The van der Waals surface area contributed by atoms with Gasteiger partial charge in [0.05, 0.1) is 10.7 Å². The predicted molar refractivity (Wildman–Crippen MR) is 119 cm³/mol. The van der Waals surface area contributed by atoms with Gasteiger partial charge < -0.3 is 14.8 Å². The van der Waals surface area contributed by atoms with Crippen molar-refractivity contribution in [2.75, 3.05) is 31.1 Å². The molecule has 2 saturated heterocycles. The molecule has 1 unspecified atom stereocenters. The Morgan fingerprint density at radius 2 is 2.03 bits per heavy atom. The van der Waals surface area contributed by atoms with Gasteiger partial charge in [0.2, 0.25) is 5.91 Å². The first-order valence-corrected chi connectivity index (χ1v) is 11.8. The average Bonchev–Trinajstić information content (AvgIpc) is 3.24. The van der Waals surface area contributed by atoms with Gasteiger partial charge in [-0.25, -0.2) is 9.29 Å². The highest BCUT2D eigenvalue weighted by molar-refractivity contribution is 7.76. The minimum Gasteiger partial charge on any atom is -0.760 e. The van der Waals surface area contributed by atoms with Crippen molar-refractivity contribution in [2.24, 2.45) is 5.92 Å². The second-order valence-electron chi connectivity index (χ2n) is 8.05. The number of hydrogen-bond acceptors (Lipinski definition) is 6. The molecule has 4 heterocycles. The number of rotatable bonds is 5. The number of carbonyl (C=O) groups is 1. The number of aromatic nitrogens is 2. The number of halogens is 1. The summed E-state index contributed by atoms with van der Waals surface area (Å²) >= 11 is 4.18. The van der Waals surface area contributed by atoms with Gasteiger partial charge in [-0.15, -0.1) is 0 Å². The van der Waals surface area contributed by atoms with Crippen molar-refractivity contribution >= 4 is 34.6 Å². The topological polar surface area (TPSA) is 101 Å². The number of aryl methyl sites for hydroxylation is 1. The van der Waals surface area contributed by atoms with Crippen molar-refractivity contribution in [1.29, 1.82) is 0 Å². The van der Waals surface area contributed by atoms with Crippen LogP contribution in [0.1, 0.15) is 24.8 Å². The Hall–Kier alpha value is -2.07. The predicted octanol–water partition coefficient (Wildman–Crippen LogP) is 2.31.